The van der Waals surface area contributed by atoms with Crippen LogP contribution in [0.5, 0.6) is 11.5 Å². The van der Waals surface area contributed by atoms with Crippen molar-refractivity contribution in [1.29, 1.82) is 5.26 Å². The summed E-state index contributed by atoms with van der Waals surface area (Å²) in [6.07, 6.45) is 0.683. The summed E-state index contributed by atoms with van der Waals surface area (Å²) in [5.74, 6) is 0.927. The molecule has 0 spiro atoms. The van der Waals surface area contributed by atoms with E-state index in [0.29, 0.717) is 38.4 Å². The summed E-state index contributed by atoms with van der Waals surface area (Å²) < 4.78 is 6.33. The number of hydrogen-bond acceptors (Lipinski definition) is 3. The van der Waals surface area contributed by atoms with E-state index in [1.54, 1.807) is 30.3 Å². The van der Waals surface area contributed by atoms with Gasteiger partial charge in [-0.25, -0.2) is 0 Å². The molecule has 19 heavy (non-hydrogen) atoms. The number of hydrogen-bond donors (Lipinski definition) is 0. The van der Waals surface area contributed by atoms with E-state index in [4.69, 9.17) is 21.6 Å². The van der Waals surface area contributed by atoms with E-state index in [0.717, 1.165) is 0 Å². The fourth-order valence-corrected chi connectivity index (χ4v) is 2.24. The molecule has 0 fully saturated rings. The fraction of sp³-hybridized carbons (Fsp3) is 0. The molecule has 3 nitrogen and oxygen atoms in total. The van der Waals surface area contributed by atoms with Crippen LogP contribution in [0.4, 0.5) is 0 Å². The number of nitrogens with zero attached hydrogens (tertiary/aromatic N) is 1. The molecule has 5 heteroatoms. The molecule has 0 saturated heterocycles. The zero-order chi connectivity index (χ0) is 13.8. The van der Waals surface area contributed by atoms with Crippen LogP contribution in [0, 0.1) is 11.3 Å². The summed E-state index contributed by atoms with van der Waals surface area (Å²) in [6.45, 7) is 0. The zero-order valence-electron chi connectivity index (χ0n) is 9.56. The number of benzene rings is 2. The quantitative estimate of drug-likeness (QED) is 0.771. The first-order valence-corrected chi connectivity index (χ1v) is 6.43. The third kappa shape index (κ3) is 3.14. The van der Waals surface area contributed by atoms with Crippen LogP contribution < -0.4 is 4.74 Å². The van der Waals surface area contributed by atoms with E-state index in [-0.39, 0.29) is 0 Å². The third-order valence-corrected chi connectivity index (χ3v) is 3.23. The molecule has 0 unspecified atom stereocenters. The lowest BCUT2D eigenvalue weighted by molar-refractivity contribution is 0.112. The number of nitriles is 1. The average molecular weight is 337 g/mol. The van der Waals surface area contributed by atoms with Gasteiger partial charge in [-0.05, 0) is 52.3 Å². The summed E-state index contributed by atoms with van der Waals surface area (Å²) in [4.78, 5) is 10.7. The van der Waals surface area contributed by atoms with Gasteiger partial charge in [0.1, 0.15) is 23.9 Å². The molecule has 0 aliphatic heterocycles. The Morgan fingerprint density at radius 3 is 2.58 bits per heavy atom. The highest BCUT2D eigenvalue weighted by Crippen LogP contribution is 2.33. The molecular weight excluding hydrogens is 330 g/mol. The van der Waals surface area contributed by atoms with Crippen LogP contribution in [0.1, 0.15) is 15.9 Å². The lowest BCUT2D eigenvalue weighted by Gasteiger charge is -2.09. The Labute approximate surface area is 123 Å². The molecule has 0 saturated carbocycles. The van der Waals surface area contributed by atoms with Crippen molar-refractivity contribution in [1.82, 2.24) is 0 Å². The van der Waals surface area contributed by atoms with Gasteiger partial charge in [0.15, 0.2) is 0 Å². The van der Waals surface area contributed by atoms with Crippen molar-refractivity contribution in [3.63, 3.8) is 0 Å². The highest BCUT2D eigenvalue weighted by molar-refractivity contribution is 9.10. The molecule has 2 rings (SSSR count). The Bertz CT molecular complexity index is 680. The first-order valence-electron chi connectivity index (χ1n) is 5.26. The number of carbonyl (C=O) groups excluding carboxylic acids is 1. The van der Waals surface area contributed by atoms with Crippen molar-refractivity contribution in [2.45, 2.75) is 0 Å². The molecule has 2 aromatic rings. The second kappa shape index (κ2) is 5.87. The molecule has 0 bridgehead atoms. The van der Waals surface area contributed by atoms with Gasteiger partial charge in [0.2, 0.25) is 0 Å². The topological polar surface area (TPSA) is 50.1 Å². The molecule has 0 aliphatic carbocycles. The van der Waals surface area contributed by atoms with Gasteiger partial charge in [-0.1, -0.05) is 11.6 Å². The molecule has 0 N–H and O–H groups in total. The number of carbonyl (C=O) groups is 1. The Hall–Kier alpha value is -1.83. The molecule has 0 radical (unpaired) electrons. The normalized spacial score (nSPS) is 9.74. The molecule has 0 heterocycles. The maximum Gasteiger partial charge on any atom is 0.150 e. The Morgan fingerprint density at radius 2 is 1.95 bits per heavy atom. The molecule has 0 aromatic heterocycles. The van der Waals surface area contributed by atoms with Crippen LogP contribution in [-0.4, -0.2) is 6.29 Å². The molecule has 2 aromatic carbocycles. The maximum absolute atomic E-state index is 10.7. The first kappa shape index (κ1) is 13.6. The van der Waals surface area contributed by atoms with Crippen molar-refractivity contribution in [2.24, 2.45) is 0 Å². The summed E-state index contributed by atoms with van der Waals surface area (Å²) in [7, 11) is 0. The van der Waals surface area contributed by atoms with E-state index in [1.165, 1.54) is 6.07 Å². The Balaban J connectivity index is 2.38. The standard InChI is InChI=1S/C14H7BrClNO2/c15-12-6-11(16)2-4-14(12)19-13-3-1-9(8-18)5-10(13)7-17/h1-6,8H. The van der Waals surface area contributed by atoms with Crippen molar-refractivity contribution in [3.8, 4) is 17.6 Å². The van der Waals surface area contributed by atoms with Gasteiger partial charge >= 0.3 is 0 Å². The smallest absolute Gasteiger partial charge is 0.150 e. The predicted molar refractivity (Wildman–Crippen MR) is 75.8 cm³/mol. The lowest BCUT2D eigenvalue weighted by atomic mass is 10.1. The molecule has 0 amide bonds. The molecule has 0 atom stereocenters. The van der Waals surface area contributed by atoms with E-state index in [9.17, 15) is 4.79 Å². The van der Waals surface area contributed by atoms with Crippen LogP contribution in [0.15, 0.2) is 40.9 Å². The summed E-state index contributed by atoms with van der Waals surface area (Å²) >= 11 is 9.17. The van der Waals surface area contributed by atoms with Crippen molar-refractivity contribution < 1.29 is 9.53 Å². The van der Waals surface area contributed by atoms with Gasteiger partial charge < -0.3 is 4.74 Å². The highest BCUT2D eigenvalue weighted by Gasteiger charge is 2.08. The van der Waals surface area contributed by atoms with Gasteiger partial charge in [-0.15, -0.1) is 0 Å². The lowest BCUT2D eigenvalue weighted by Crippen LogP contribution is -1.91. The summed E-state index contributed by atoms with van der Waals surface area (Å²) in [5.41, 5.74) is 0.727. The second-order valence-electron chi connectivity index (χ2n) is 3.66. The Kier molecular flexibility index (Phi) is 4.20. The van der Waals surface area contributed by atoms with E-state index >= 15 is 0 Å². The van der Waals surface area contributed by atoms with Crippen LogP contribution in [0.3, 0.4) is 0 Å². The van der Waals surface area contributed by atoms with Crippen LogP contribution in [-0.2, 0) is 0 Å². The zero-order valence-corrected chi connectivity index (χ0v) is 11.9. The van der Waals surface area contributed by atoms with Crippen molar-refractivity contribution >= 4 is 33.8 Å². The SMILES string of the molecule is N#Cc1cc(C=O)ccc1Oc1ccc(Cl)cc1Br. The number of halogens is 2. The van der Waals surface area contributed by atoms with Crippen molar-refractivity contribution in [3.05, 3.63) is 57.0 Å². The van der Waals surface area contributed by atoms with E-state index in [1.807, 2.05) is 6.07 Å². The van der Waals surface area contributed by atoms with Crippen LogP contribution in [0.25, 0.3) is 0 Å². The summed E-state index contributed by atoms with van der Waals surface area (Å²) in [5, 5.41) is 9.63. The van der Waals surface area contributed by atoms with E-state index in [2.05, 4.69) is 15.9 Å². The van der Waals surface area contributed by atoms with Crippen molar-refractivity contribution in [2.75, 3.05) is 0 Å². The number of aldehydes is 1. The van der Waals surface area contributed by atoms with Crippen LogP contribution in [0.2, 0.25) is 5.02 Å². The first-order chi connectivity index (χ1) is 9.13. The minimum absolute atomic E-state index is 0.298. The fourth-order valence-electron chi connectivity index (χ4n) is 1.47. The minimum Gasteiger partial charge on any atom is -0.455 e. The maximum atomic E-state index is 10.7. The average Bonchev–Trinajstić information content (AvgIpc) is 2.42. The summed E-state index contributed by atoms with van der Waals surface area (Å²) in [6, 6.07) is 11.7. The monoisotopic (exact) mass is 335 g/mol. The number of rotatable bonds is 3. The van der Waals surface area contributed by atoms with Gasteiger partial charge in [0, 0.05) is 10.6 Å². The van der Waals surface area contributed by atoms with Gasteiger partial charge in [-0.2, -0.15) is 5.26 Å². The second-order valence-corrected chi connectivity index (χ2v) is 4.95. The molecular formula is C14H7BrClNO2. The third-order valence-electron chi connectivity index (χ3n) is 2.37. The highest BCUT2D eigenvalue weighted by atomic mass is 79.9. The Morgan fingerprint density at radius 1 is 1.21 bits per heavy atom. The minimum atomic E-state index is 0.298. The van der Waals surface area contributed by atoms with Gasteiger partial charge in [-0.3, -0.25) is 4.79 Å². The van der Waals surface area contributed by atoms with Crippen LogP contribution >= 0.6 is 27.5 Å². The van der Waals surface area contributed by atoms with Gasteiger partial charge in [0.25, 0.3) is 0 Å². The van der Waals surface area contributed by atoms with Gasteiger partial charge in [0.05, 0.1) is 10.0 Å². The molecule has 0 aliphatic rings. The van der Waals surface area contributed by atoms with E-state index < -0.39 is 0 Å². The largest absolute Gasteiger partial charge is 0.455 e. The molecule has 94 valence electrons. The number of ether oxygens (including phenoxy) is 1. The predicted octanol–water partition coefficient (Wildman–Crippen LogP) is 4.58.